The maximum atomic E-state index is 11.8. The molecule has 1 fully saturated rings. The van der Waals surface area contributed by atoms with E-state index < -0.39 is 6.10 Å². The predicted molar refractivity (Wildman–Crippen MR) is 81.5 cm³/mol. The minimum absolute atomic E-state index is 0.0435. The summed E-state index contributed by atoms with van der Waals surface area (Å²) in [7, 11) is 3.52. The number of rotatable bonds is 6. The Morgan fingerprint density at radius 3 is 2.73 bits per heavy atom. The Kier molecular flexibility index (Phi) is 6.23. The first-order valence-corrected chi connectivity index (χ1v) is 7.53. The van der Waals surface area contributed by atoms with Crippen LogP contribution in [-0.2, 0) is 11.3 Å². The van der Waals surface area contributed by atoms with E-state index in [1.807, 2.05) is 17.0 Å². The third kappa shape index (κ3) is 5.01. The molecule has 2 heterocycles. The lowest BCUT2D eigenvalue weighted by Crippen LogP contribution is -2.53. The van der Waals surface area contributed by atoms with Crippen molar-refractivity contribution in [2.75, 3.05) is 53.4 Å². The smallest absolute Gasteiger partial charge is 0.319 e. The van der Waals surface area contributed by atoms with Crippen LogP contribution in [0.2, 0.25) is 0 Å². The molecule has 1 unspecified atom stereocenters. The average Bonchev–Trinajstić information content (AvgIpc) is 3.00. The van der Waals surface area contributed by atoms with E-state index >= 15 is 0 Å². The van der Waals surface area contributed by atoms with Gasteiger partial charge >= 0.3 is 6.03 Å². The summed E-state index contributed by atoms with van der Waals surface area (Å²) >= 11 is 0. The zero-order valence-electron chi connectivity index (χ0n) is 13.3. The van der Waals surface area contributed by atoms with Gasteiger partial charge in [0.15, 0.2) is 0 Å². The Morgan fingerprint density at radius 2 is 2.14 bits per heavy atom. The topological polar surface area (TPSA) is 69.4 Å². The highest BCUT2D eigenvalue weighted by atomic mass is 16.5. The van der Waals surface area contributed by atoms with Crippen LogP contribution in [0.25, 0.3) is 0 Å². The van der Waals surface area contributed by atoms with Crippen molar-refractivity contribution in [3.63, 3.8) is 0 Å². The van der Waals surface area contributed by atoms with Gasteiger partial charge in [-0.05, 0) is 12.1 Å². The highest BCUT2D eigenvalue weighted by molar-refractivity contribution is 5.73. The molecular weight excluding hydrogens is 286 g/mol. The van der Waals surface area contributed by atoms with E-state index in [1.165, 1.54) is 0 Å². The van der Waals surface area contributed by atoms with Crippen molar-refractivity contribution < 1.29 is 19.1 Å². The molecule has 0 spiro atoms. The van der Waals surface area contributed by atoms with E-state index in [4.69, 9.17) is 9.15 Å². The molecule has 1 N–H and O–H groups in total. The standard InChI is InChI=1S/C15H25N3O4/c1-16(2)15(20)18-7-5-17(6-8-18)10-13(19)11-21-12-14-4-3-9-22-14/h3-4,9,13,19H,5-8,10-12H2,1-2H3. The molecule has 124 valence electrons. The summed E-state index contributed by atoms with van der Waals surface area (Å²) < 4.78 is 10.6. The van der Waals surface area contributed by atoms with Gasteiger partial charge in [-0.15, -0.1) is 0 Å². The Labute approximate surface area is 131 Å². The molecule has 0 saturated carbocycles. The molecule has 2 rings (SSSR count). The molecule has 0 radical (unpaired) electrons. The fourth-order valence-corrected chi connectivity index (χ4v) is 2.45. The Morgan fingerprint density at radius 1 is 1.41 bits per heavy atom. The molecule has 1 atom stereocenters. The number of aliphatic hydroxyl groups is 1. The number of aliphatic hydroxyl groups excluding tert-OH is 1. The normalized spacial score (nSPS) is 17.5. The van der Waals surface area contributed by atoms with Crippen LogP contribution in [0.15, 0.2) is 22.8 Å². The summed E-state index contributed by atoms with van der Waals surface area (Å²) in [6, 6.07) is 3.69. The molecule has 1 aromatic heterocycles. The zero-order chi connectivity index (χ0) is 15.9. The Balaban J connectivity index is 1.62. The van der Waals surface area contributed by atoms with Crippen molar-refractivity contribution in [2.45, 2.75) is 12.7 Å². The van der Waals surface area contributed by atoms with E-state index in [0.29, 0.717) is 26.2 Å². The van der Waals surface area contributed by atoms with Crippen LogP contribution in [0.1, 0.15) is 5.76 Å². The number of nitrogens with zero attached hydrogens (tertiary/aromatic N) is 3. The molecule has 1 aliphatic heterocycles. The third-order valence-electron chi connectivity index (χ3n) is 3.63. The van der Waals surface area contributed by atoms with Gasteiger partial charge in [0.2, 0.25) is 0 Å². The van der Waals surface area contributed by atoms with Gasteiger partial charge in [-0.1, -0.05) is 0 Å². The summed E-state index contributed by atoms with van der Waals surface area (Å²) in [5.41, 5.74) is 0. The van der Waals surface area contributed by atoms with Crippen LogP contribution in [0.3, 0.4) is 0 Å². The number of β-amino-alcohol motifs (C(OH)–C–C–N with tert-alkyl or cyclic N) is 1. The van der Waals surface area contributed by atoms with Crippen molar-refractivity contribution in [3.05, 3.63) is 24.2 Å². The van der Waals surface area contributed by atoms with Gasteiger partial charge < -0.3 is 24.1 Å². The van der Waals surface area contributed by atoms with Crippen molar-refractivity contribution in [2.24, 2.45) is 0 Å². The van der Waals surface area contributed by atoms with E-state index in [0.717, 1.165) is 18.8 Å². The number of furan rings is 1. The molecule has 22 heavy (non-hydrogen) atoms. The Bertz CT molecular complexity index is 442. The molecule has 0 aromatic carbocycles. The molecule has 0 bridgehead atoms. The van der Waals surface area contributed by atoms with Crippen LogP contribution in [0.5, 0.6) is 0 Å². The number of carbonyl (C=O) groups is 1. The monoisotopic (exact) mass is 311 g/mol. The number of hydrogen-bond donors (Lipinski definition) is 1. The third-order valence-corrected chi connectivity index (χ3v) is 3.63. The molecular formula is C15H25N3O4. The van der Waals surface area contributed by atoms with Gasteiger partial charge in [0.1, 0.15) is 12.4 Å². The highest BCUT2D eigenvalue weighted by Crippen LogP contribution is 2.06. The molecule has 0 aliphatic carbocycles. The van der Waals surface area contributed by atoms with Crippen molar-refractivity contribution in [3.8, 4) is 0 Å². The largest absolute Gasteiger partial charge is 0.467 e. The van der Waals surface area contributed by atoms with E-state index in [2.05, 4.69) is 4.90 Å². The van der Waals surface area contributed by atoms with Crippen LogP contribution < -0.4 is 0 Å². The quantitative estimate of drug-likeness (QED) is 0.826. The second-order valence-corrected chi connectivity index (χ2v) is 5.71. The number of amides is 2. The molecule has 7 nitrogen and oxygen atoms in total. The van der Waals surface area contributed by atoms with Crippen molar-refractivity contribution in [1.82, 2.24) is 14.7 Å². The zero-order valence-corrected chi connectivity index (χ0v) is 13.3. The van der Waals surface area contributed by atoms with Crippen molar-refractivity contribution in [1.29, 1.82) is 0 Å². The van der Waals surface area contributed by atoms with Crippen molar-refractivity contribution >= 4 is 6.03 Å². The van der Waals surface area contributed by atoms with E-state index in [9.17, 15) is 9.90 Å². The van der Waals surface area contributed by atoms with Crippen LogP contribution in [0.4, 0.5) is 4.79 Å². The van der Waals surface area contributed by atoms with Gasteiger partial charge in [-0.2, -0.15) is 0 Å². The minimum atomic E-state index is -0.536. The lowest BCUT2D eigenvalue weighted by molar-refractivity contribution is -0.000995. The maximum Gasteiger partial charge on any atom is 0.319 e. The first-order valence-electron chi connectivity index (χ1n) is 7.53. The molecule has 1 aromatic rings. The first-order chi connectivity index (χ1) is 10.6. The van der Waals surface area contributed by atoms with Gasteiger partial charge in [-0.25, -0.2) is 4.79 Å². The number of urea groups is 1. The molecule has 7 heteroatoms. The fourth-order valence-electron chi connectivity index (χ4n) is 2.45. The van der Waals surface area contributed by atoms with Crippen LogP contribution >= 0.6 is 0 Å². The maximum absolute atomic E-state index is 11.8. The number of hydrogen-bond acceptors (Lipinski definition) is 5. The number of ether oxygens (including phenoxy) is 1. The van der Waals surface area contributed by atoms with Crippen LogP contribution in [-0.4, -0.2) is 85.4 Å². The lowest BCUT2D eigenvalue weighted by Gasteiger charge is -2.36. The van der Waals surface area contributed by atoms with E-state index in [1.54, 1.807) is 25.3 Å². The van der Waals surface area contributed by atoms with Gasteiger partial charge in [0, 0.05) is 46.8 Å². The SMILES string of the molecule is CN(C)C(=O)N1CCN(CC(O)COCc2ccco2)CC1. The van der Waals surface area contributed by atoms with E-state index in [-0.39, 0.29) is 12.6 Å². The van der Waals surface area contributed by atoms with Gasteiger partial charge in [-0.3, -0.25) is 4.90 Å². The van der Waals surface area contributed by atoms with Crippen LogP contribution in [0, 0.1) is 0 Å². The average molecular weight is 311 g/mol. The summed E-state index contributed by atoms with van der Waals surface area (Å²) in [6.07, 6.45) is 1.06. The highest BCUT2D eigenvalue weighted by Gasteiger charge is 2.23. The lowest BCUT2D eigenvalue weighted by atomic mass is 10.2. The summed E-state index contributed by atoms with van der Waals surface area (Å²) in [6.45, 7) is 4.13. The second-order valence-electron chi connectivity index (χ2n) is 5.71. The predicted octanol–water partition coefficient (Wildman–Crippen LogP) is 0.456. The fraction of sp³-hybridized carbons (Fsp3) is 0.667. The molecule has 1 saturated heterocycles. The van der Waals surface area contributed by atoms with Gasteiger partial charge in [0.25, 0.3) is 0 Å². The summed E-state index contributed by atoms with van der Waals surface area (Å²) in [4.78, 5) is 17.4. The van der Waals surface area contributed by atoms with Gasteiger partial charge in [0.05, 0.1) is 19.0 Å². The molecule has 1 aliphatic rings. The summed E-state index contributed by atoms with van der Waals surface area (Å²) in [5, 5.41) is 10.0. The Hall–Kier alpha value is -1.57. The first kappa shape index (κ1) is 16.8. The molecule has 2 amide bonds. The summed E-state index contributed by atoms with van der Waals surface area (Å²) in [5.74, 6) is 0.753. The number of carbonyl (C=O) groups excluding carboxylic acids is 1. The minimum Gasteiger partial charge on any atom is -0.467 e. The second kappa shape index (κ2) is 8.17. The number of piperazine rings is 1.